The molecule has 0 amide bonds. The first kappa shape index (κ1) is 9.20. The van der Waals surface area contributed by atoms with Gasteiger partial charge in [-0.15, -0.1) is 0 Å². The van der Waals surface area contributed by atoms with Crippen molar-refractivity contribution >= 4 is 0 Å². The number of halogens is 1. The van der Waals surface area contributed by atoms with Gasteiger partial charge in [-0.05, 0) is 36.6 Å². The van der Waals surface area contributed by atoms with Crippen molar-refractivity contribution < 1.29 is 9.50 Å². The van der Waals surface area contributed by atoms with Gasteiger partial charge in [0.25, 0.3) is 0 Å². The Morgan fingerprint density at radius 1 is 1.42 bits per heavy atom. The summed E-state index contributed by atoms with van der Waals surface area (Å²) in [5.74, 6) is -0.273. The summed E-state index contributed by atoms with van der Waals surface area (Å²) < 4.78 is 12.9. The van der Waals surface area contributed by atoms with Gasteiger partial charge < -0.3 is 5.11 Å². The predicted octanol–water partition coefficient (Wildman–Crippen LogP) is 2.44. The van der Waals surface area contributed by atoms with E-state index in [0.29, 0.717) is 5.56 Å². The molecule has 1 atom stereocenters. The lowest BCUT2D eigenvalue weighted by Crippen LogP contribution is -1.94. The van der Waals surface area contributed by atoms with Crippen LogP contribution in [0.3, 0.4) is 0 Å². The van der Waals surface area contributed by atoms with Crippen LogP contribution in [-0.2, 0) is 6.42 Å². The van der Waals surface area contributed by atoms with Crippen molar-refractivity contribution in [2.24, 2.45) is 0 Å². The summed E-state index contributed by atoms with van der Waals surface area (Å²) in [7, 11) is 0. The molecule has 66 valence electrons. The minimum absolute atomic E-state index is 0.273. The Balaban J connectivity index is 3.06. The van der Waals surface area contributed by atoms with Crippen LogP contribution < -0.4 is 0 Å². The van der Waals surface area contributed by atoms with Gasteiger partial charge in [-0.1, -0.05) is 13.0 Å². The Morgan fingerprint density at radius 3 is 2.58 bits per heavy atom. The van der Waals surface area contributed by atoms with Gasteiger partial charge >= 0.3 is 0 Å². The molecule has 0 fully saturated rings. The summed E-state index contributed by atoms with van der Waals surface area (Å²) >= 11 is 0. The zero-order chi connectivity index (χ0) is 9.14. The highest BCUT2D eigenvalue weighted by Gasteiger charge is 2.03. The van der Waals surface area contributed by atoms with E-state index in [-0.39, 0.29) is 5.82 Å². The summed E-state index contributed by atoms with van der Waals surface area (Å²) in [6.45, 7) is 3.59. The minimum atomic E-state index is -0.592. The molecule has 2 heteroatoms. The van der Waals surface area contributed by atoms with Gasteiger partial charge in [0, 0.05) is 0 Å². The average molecular weight is 168 g/mol. The molecule has 1 rings (SSSR count). The lowest BCUT2D eigenvalue weighted by molar-refractivity contribution is 0.198. The first-order chi connectivity index (χ1) is 5.63. The Hall–Kier alpha value is -0.890. The van der Waals surface area contributed by atoms with Gasteiger partial charge in [-0.25, -0.2) is 4.39 Å². The third-order valence-corrected chi connectivity index (χ3v) is 1.87. The number of aliphatic hydroxyl groups excluding tert-OH is 1. The van der Waals surface area contributed by atoms with Crippen molar-refractivity contribution in [3.8, 4) is 0 Å². The van der Waals surface area contributed by atoms with Crippen molar-refractivity contribution in [3.05, 3.63) is 35.1 Å². The van der Waals surface area contributed by atoms with E-state index in [4.69, 9.17) is 0 Å². The lowest BCUT2D eigenvalue weighted by atomic mass is 10.1. The molecule has 0 aliphatic rings. The molecule has 1 N–H and O–H groups in total. The molecule has 1 unspecified atom stereocenters. The molecule has 0 bridgehead atoms. The van der Waals surface area contributed by atoms with Crippen LogP contribution in [0, 0.1) is 5.82 Å². The Morgan fingerprint density at radius 2 is 2.08 bits per heavy atom. The number of hydrogen-bond acceptors (Lipinski definition) is 1. The van der Waals surface area contributed by atoms with Gasteiger partial charge in [0.2, 0.25) is 0 Å². The molecule has 0 aliphatic carbocycles. The van der Waals surface area contributed by atoms with Crippen LogP contribution in [-0.4, -0.2) is 5.11 Å². The zero-order valence-corrected chi connectivity index (χ0v) is 7.34. The quantitative estimate of drug-likeness (QED) is 0.719. The van der Waals surface area contributed by atoms with Crippen LogP contribution in [0.4, 0.5) is 4.39 Å². The SMILES string of the molecule is CCc1cc(F)cc(C(C)O)c1. The van der Waals surface area contributed by atoms with Crippen molar-refractivity contribution in [3.63, 3.8) is 0 Å². The molecule has 12 heavy (non-hydrogen) atoms. The summed E-state index contributed by atoms with van der Waals surface area (Å²) in [4.78, 5) is 0. The number of aliphatic hydroxyl groups is 1. The average Bonchev–Trinajstić information content (AvgIpc) is 2.03. The maximum absolute atomic E-state index is 12.9. The normalized spacial score (nSPS) is 13.0. The first-order valence-corrected chi connectivity index (χ1v) is 4.11. The van der Waals surface area contributed by atoms with E-state index in [1.54, 1.807) is 6.92 Å². The third kappa shape index (κ3) is 2.05. The number of benzene rings is 1. The van der Waals surface area contributed by atoms with Crippen LogP contribution in [0.15, 0.2) is 18.2 Å². The van der Waals surface area contributed by atoms with Gasteiger partial charge in [-0.2, -0.15) is 0 Å². The maximum atomic E-state index is 12.9. The molecule has 1 aromatic rings. The number of aryl methyl sites for hydroxylation is 1. The fraction of sp³-hybridized carbons (Fsp3) is 0.400. The van der Waals surface area contributed by atoms with Crippen molar-refractivity contribution in [2.75, 3.05) is 0 Å². The van der Waals surface area contributed by atoms with Crippen molar-refractivity contribution in [2.45, 2.75) is 26.4 Å². The van der Waals surface area contributed by atoms with Crippen LogP contribution >= 0.6 is 0 Å². The summed E-state index contributed by atoms with van der Waals surface area (Å²) in [5.41, 5.74) is 1.57. The predicted molar refractivity (Wildman–Crippen MR) is 46.4 cm³/mol. The van der Waals surface area contributed by atoms with Crippen LogP contribution in [0.25, 0.3) is 0 Å². The van der Waals surface area contributed by atoms with E-state index < -0.39 is 6.10 Å². The van der Waals surface area contributed by atoms with E-state index in [0.717, 1.165) is 12.0 Å². The summed E-state index contributed by atoms with van der Waals surface area (Å²) in [5, 5.41) is 9.20. The van der Waals surface area contributed by atoms with Gasteiger partial charge in [-0.3, -0.25) is 0 Å². The van der Waals surface area contributed by atoms with Crippen molar-refractivity contribution in [1.29, 1.82) is 0 Å². The fourth-order valence-corrected chi connectivity index (χ4v) is 1.12. The highest BCUT2D eigenvalue weighted by atomic mass is 19.1. The topological polar surface area (TPSA) is 20.2 Å². The molecule has 0 aliphatic heterocycles. The molecular formula is C10H13FO. The molecule has 1 aromatic carbocycles. The Bertz CT molecular complexity index is 269. The van der Waals surface area contributed by atoms with Crippen LogP contribution in [0.1, 0.15) is 31.1 Å². The molecule has 0 heterocycles. The molecular weight excluding hydrogens is 155 g/mol. The smallest absolute Gasteiger partial charge is 0.123 e. The first-order valence-electron chi connectivity index (χ1n) is 4.11. The lowest BCUT2D eigenvalue weighted by Gasteiger charge is -2.06. The van der Waals surface area contributed by atoms with Gasteiger partial charge in [0.15, 0.2) is 0 Å². The van der Waals surface area contributed by atoms with E-state index >= 15 is 0 Å². The van der Waals surface area contributed by atoms with E-state index in [1.165, 1.54) is 12.1 Å². The number of hydrogen-bond donors (Lipinski definition) is 1. The monoisotopic (exact) mass is 168 g/mol. The second-order valence-corrected chi connectivity index (χ2v) is 2.92. The van der Waals surface area contributed by atoms with E-state index in [1.807, 2.05) is 13.0 Å². The van der Waals surface area contributed by atoms with Gasteiger partial charge in [0.05, 0.1) is 6.10 Å². The standard InChI is InChI=1S/C10H13FO/c1-3-8-4-9(7(2)12)6-10(11)5-8/h4-7,12H,3H2,1-2H3. The van der Waals surface area contributed by atoms with E-state index in [9.17, 15) is 9.50 Å². The summed E-state index contributed by atoms with van der Waals surface area (Å²) in [6, 6.07) is 4.68. The minimum Gasteiger partial charge on any atom is -0.389 e. The molecule has 0 spiro atoms. The van der Waals surface area contributed by atoms with Crippen molar-refractivity contribution in [1.82, 2.24) is 0 Å². The molecule has 1 nitrogen and oxygen atoms in total. The molecule has 0 aromatic heterocycles. The third-order valence-electron chi connectivity index (χ3n) is 1.87. The van der Waals surface area contributed by atoms with Crippen LogP contribution in [0.2, 0.25) is 0 Å². The molecule has 0 saturated heterocycles. The second kappa shape index (κ2) is 3.68. The fourth-order valence-electron chi connectivity index (χ4n) is 1.12. The number of rotatable bonds is 2. The van der Waals surface area contributed by atoms with E-state index in [2.05, 4.69) is 0 Å². The maximum Gasteiger partial charge on any atom is 0.123 e. The Kier molecular flexibility index (Phi) is 2.82. The zero-order valence-electron chi connectivity index (χ0n) is 7.34. The second-order valence-electron chi connectivity index (χ2n) is 2.92. The molecule has 0 radical (unpaired) electrons. The molecule has 0 saturated carbocycles. The highest BCUT2D eigenvalue weighted by molar-refractivity contribution is 5.25. The van der Waals surface area contributed by atoms with Gasteiger partial charge in [0.1, 0.15) is 5.82 Å². The van der Waals surface area contributed by atoms with Crippen LogP contribution in [0.5, 0.6) is 0 Å². The highest BCUT2D eigenvalue weighted by Crippen LogP contribution is 2.16. The largest absolute Gasteiger partial charge is 0.389 e. The summed E-state index contributed by atoms with van der Waals surface area (Å²) in [6.07, 6.45) is 0.197. The Labute approximate surface area is 71.9 Å².